The number of ether oxygens (including phenoxy) is 1. The summed E-state index contributed by atoms with van der Waals surface area (Å²) in [6.45, 7) is 5.00. The Labute approximate surface area is 138 Å². The Bertz CT molecular complexity index is 489. The van der Waals surface area contributed by atoms with Gasteiger partial charge < -0.3 is 9.64 Å². The summed E-state index contributed by atoms with van der Waals surface area (Å²) in [6.07, 6.45) is 3.49. The fraction of sp³-hybridized carbons (Fsp3) is 0.588. The molecule has 1 aliphatic heterocycles. The molecule has 1 heterocycles. The van der Waals surface area contributed by atoms with Crippen LogP contribution in [0.3, 0.4) is 0 Å². The van der Waals surface area contributed by atoms with Gasteiger partial charge in [-0.3, -0.25) is 9.69 Å². The van der Waals surface area contributed by atoms with Crippen LogP contribution in [0.2, 0.25) is 5.02 Å². The maximum Gasteiger partial charge on any atom is 0.239 e. The lowest BCUT2D eigenvalue weighted by molar-refractivity contribution is -0.136. The standard InChI is InChI=1S/C17H25ClN2O2/c1-14(17(21)20-9-4-3-5-10-20)19(2)11-12-22-16-8-6-7-15(18)13-16/h6-8,13-14H,3-5,9-12H2,1-2H3. The highest BCUT2D eigenvalue weighted by atomic mass is 35.5. The van der Waals surface area contributed by atoms with E-state index in [2.05, 4.69) is 0 Å². The minimum atomic E-state index is -0.110. The van der Waals surface area contributed by atoms with Crippen molar-refractivity contribution in [3.05, 3.63) is 29.3 Å². The van der Waals surface area contributed by atoms with Gasteiger partial charge >= 0.3 is 0 Å². The smallest absolute Gasteiger partial charge is 0.239 e. The quantitative estimate of drug-likeness (QED) is 0.806. The summed E-state index contributed by atoms with van der Waals surface area (Å²) in [5.74, 6) is 0.987. The number of rotatable bonds is 6. The molecule has 22 heavy (non-hydrogen) atoms. The van der Waals surface area contributed by atoms with E-state index in [9.17, 15) is 4.79 Å². The van der Waals surface area contributed by atoms with Crippen molar-refractivity contribution in [2.75, 3.05) is 33.3 Å². The van der Waals surface area contributed by atoms with E-state index in [4.69, 9.17) is 16.3 Å². The third-order valence-corrected chi connectivity index (χ3v) is 4.43. The monoisotopic (exact) mass is 324 g/mol. The van der Waals surface area contributed by atoms with Gasteiger partial charge in [0.2, 0.25) is 5.91 Å². The van der Waals surface area contributed by atoms with Gasteiger partial charge in [0.25, 0.3) is 0 Å². The second kappa shape index (κ2) is 8.39. The van der Waals surface area contributed by atoms with Crippen molar-refractivity contribution >= 4 is 17.5 Å². The molecule has 1 aromatic carbocycles. The van der Waals surface area contributed by atoms with Gasteiger partial charge in [-0.1, -0.05) is 17.7 Å². The van der Waals surface area contributed by atoms with E-state index in [-0.39, 0.29) is 11.9 Å². The van der Waals surface area contributed by atoms with Crippen LogP contribution in [0.5, 0.6) is 5.75 Å². The lowest BCUT2D eigenvalue weighted by Gasteiger charge is -2.32. The number of carbonyl (C=O) groups excluding carboxylic acids is 1. The van der Waals surface area contributed by atoms with Gasteiger partial charge in [-0.25, -0.2) is 0 Å². The lowest BCUT2D eigenvalue weighted by atomic mass is 10.1. The van der Waals surface area contributed by atoms with Crippen molar-refractivity contribution < 1.29 is 9.53 Å². The van der Waals surface area contributed by atoms with Crippen LogP contribution < -0.4 is 4.74 Å². The average molecular weight is 325 g/mol. The second-order valence-corrected chi connectivity index (χ2v) is 6.28. The van der Waals surface area contributed by atoms with E-state index in [1.54, 1.807) is 6.07 Å². The van der Waals surface area contributed by atoms with Crippen LogP contribution in [-0.4, -0.2) is 55.0 Å². The Balaban J connectivity index is 1.76. The summed E-state index contributed by atoms with van der Waals surface area (Å²) in [7, 11) is 1.97. The molecule has 1 amide bonds. The number of likely N-dealkylation sites (N-methyl/N-ethyl adjacent to an activating group) is 1. The Morgan fingerprint density at radius 3 is 2.77 bits per heavy atom. The van der Waals surface area contributed by atoms with Crippen LogP contribution in [-0.2, 0) is 4.79 Å². The minimum absolute atomic E-state index is 0.110. The van der Waals surface area contributed by atoms with Crippen LogP contribution in [0.25, 0.3) is 0 Å². The van der Waals surface area contributed by atoms with E-state index in [0.29, 0.717) is 18.2 Å². The molecular weight excluding hydrogens is 300 g/mol. The Hall–Kier alpha value is -1.26. The molecule has 5 heteroatoms. The summed E-state index contributed by atoms with van der Waals surface area (Å²) < 4.78 is 5.68. The predicted octanol–water partition coefficient (Wildman–Crippen LogP) is 3.05. The van der Waals surface area contributed by atoms with Crippen molar-refractivity contribution in [2.45, 2.75) is 32.2 Å². The number of amides is 1. The van der Waals surface area contributed by atoms with Gasteiger partial charge in [-0.05, 0) is 51.4 Å². The van der Waals surface area contributed by atoms with E-state index in [1.807, 2.05) is 42.0 Å². The third kappa shape index (κ3) is 4.89. The summed E-state index contributed by atoms with van der Waals surface area (Å²) in [5, 5.41) is 0.666. The molecule has 2 rings (SSSR count). The molecule has 1 aliphatic rings. The highest BCUT2D eigenvalue weighted by Crippen LogP contribution is 2.17. The van der Waals surface area contributed by atoms with Gasteiger partial charge in [0, 0.05) is 24.7 Å². The SMILES string of the molecule is CC(C(=O)N1CCCCC1)N(C)CCOc1cccc(Cl)c1. The maximum atomic E-state index is 12.4. The van der Waals surface area contributed by atoms with Crippen LogP contribution in [0.15, 0.2) is 24.3 Å². The first-order valence-electron chi connectivity index (χ1n) is 7.95. The lowest BCUT2D eigenvalue weighted by Crippen LogP contribution is -2.48. The van der Waals surface area contributed by atoms with Crippen LogP contribution in [0.1, 0.15) is 26.2 Å². The molecular formula is C17H25ClN2O2. The topological polar surface area (TPSA) is 32.8 Å². The zero-order valence-electron chi connectivity index (χ0n) is 13.4. The largest absolute Gasteiger partial charge is 0.492 e. The number of carbonyl (C=O) groups is 1. The molecule has 4 nitrogen and oxygen atoms in total. The van der Waals surface area contributed by atoms with Gasteiger partial charge in [0.1, 0.15) is 12.4 Å². The molecule has 0 bridgehead atoms. The molecule has 1 fully saturated rings. The number of benzene rings is 1. The van der Waals surface area contributed by atoms with Crippen molar-refractivity contribution in [1.82, 2.24) is 9.80 Å². The van der Waals surface area contributed by atoms with Gasteiger partial charge in [-0.15, -0.1) is 0 Å². The van der Waals surface area contributed by atoms with Crippen LogP contribution >= 0.6 is 11.6 Å². The normalized spacial score (nSPS) is 16.6. The molecule has 0 radical (unpaired) electrons. The summed E-state index contributed by atoms with van der Waals surface area (Å²) in [4.78, 5) is 16.5. The molecule has 1 atom stereocenters. The molecule has 122 valence electrons. The Kier molecular flexibility index (Phi) is 6.52. The Morgan fingerprint density at radius 1 is 1.36 bits per heavy atom. The Morgan fingerprint density at radius 2 is 2.09 bits per heavy atom. The zero-order chi connectivity index (χ0) is 15.9. The fourth-order valence-corrected chi connectivity index (χ4v) is 2.81. The predicted molar refractivity (Wildman–Crippen MR) is 89.5 cm³/mol. The number of halogens is 1. The molecule has 1 saturated heterocycles. The van der Waals surface area contributed by atoms with Crippen molar-refractivity contribution in [3.63, 3.8) is 0 Å². The van der Waals surface area contributed by atoms with E-state index < -0.39 is 0 Å². The highest BCUT2D eigenvalue weighted by molar-refractivity contribution is 6.30. The van der Waals surface area contributed by atoms with Crippen molar-refractivity contribution in [2.24, 2.45) is 0 Å². The minimum Gasteiger partial charge on any atom is -0.492 e. The van der Waals surface area contributed by atoms with Crippen molar-refractivity contribution in [1.29, 1.82) is 0 Å². The number of hydrogen-bond donors (Lipinski definition) is 0. The van der Waals surface area contributed by atoms with E-state index in [0.717, 1.165) is 31.7 Å². The van der Waals surface area contributed by atoms with Crippen molar-refractivity contribution in [3.8, 4) is 5.75 Å². The molecule has 0 saturated carbocycles. The zero-order valence-corrected chi connectivity index (χ0v) is 14.2. The molecule has 0 aromatic heterocycles. The van der Waals surface area contributed by atoms with Crippen LogP contribution in [0, 0.1) is 0 Å². The summed E-state index contributed by atoms with van der Waals surface area (Å²) in [5.41, 5.74) is 0. The highest BCUT2D eigenvalue weighted by Gasteiger charge is 2.24. The molecule has 1 aromatic rings. The summed E-state index contributed by atoms with van der Waals surface area (Å²) >= 11 is 5.92. The first-order valence-corrected chi connectivity index (χ1v) is 8.33. The number of hydrogen-bond acceptors (Lipinski definition) is 3. The number of piperidine rings is 1. The number of nitrogens with zero attached hydrogens (tertiary/aromatic N) is 2. The van der Waals surface area contributed by atoms with Gasteiger partial charge in [0.05, 0.1) is 6.04 Å². The number of likely N-dealkylation sites (tertiary alicyclic amines) is 1. The van der Waals surface area contributed by atoms with Crippen LogP contribution in [0.4, 0.5) is 0 Å². The molecule has 1 unspecified atom stereocenters. The third-order valence-electron chi connectivity index (χ3n) is 4.20. The first kappa shape index (κ1) is 17.1. The second-order valence-electron chi connectivity index (χ2n) is 5.85. The fourth-order valence-electron chi connectivity index (χ4n) is 2.62. The first-order chi connectivity index (χ1) is 10.6. The van der Waals surface area contributed by atoms with Gasteiger partial charge in [0.15, 0.2) is 0 Å². The molecule has 0 aliphatic carbocycles. The van der Waals surface area contributed by atoms with E-state index in [1.165, 1.54) is 6.42 Å². The van der Waals surface area contributed by atoms with E-state index >= 15 is 0 Å². The maximum absolute atomic E-state index is 12.4. The van der Waals surface area contributed by atoms with Gasteiger partial charge in [-0.2, -0.15) is 0 Å². The molecule has 0 spiro atoms. The average Bonchev–Trinajstić information content (AvgIpc) is 2.54. The molecule has 0 N–H and O–H groups in total. The summed E-state index contributed by atoms with van der Waals surface area (Å²) in [6, 6.07) is 7.25.